The van der Waals surface area contributed by atoms with Gasteiger partial charge in [-0.2, -0.15) is 0 Å². The Morgan fingerprint density at radius 2 is 1.58 bits per heavy atom. The van der Waals surface area contributed by atoms with Gasteiger partial charge in [0.25, 0.3) is 0 Å². The normalized spacial score (nSPS) is 14.1. The Morgan fingerprint density at radius 3 is 1.95 bits per heavy atom. The summed E-state index contributed by atoms with van der Waals surface area (Å²) in [6, 6.07) is 0. The summed E-state index contributed by atoms with van der Waals surface area (Å²) in [6.45, 7) is 9.00. The van der Waals surface area contributed by atoms with E-state index in [1.54, 1.807) is 27.7 Å². The Kier molecular flexibility index (Phi) is 9.17. The molecular weight excluding hydrogens is 287 g/mol. The third-order valence-corrected chi connectivity index (χ3v) is 5.52. The van der Waals surface area contributed by atoms with Crippen molar-refractivity contribution in [2.24, 2.45) is 0 Å². The van der Waals surface area contributed by atoms with Gasteiger partial charge in [0.2, 0.25) is 0 Å². The molecule has 0 rings (SSSR count). The summed E-state index contributed by atoms with van der Waals surface area (Å²) in [7, 11) is -3.61. The van der Waals surface area contributed by atoms with Gasteiger partial charge >= 0.3 is 7.60 Å². The van der Waals surface area contributed by atoms with Crippen LogP contribution in [-0.4, -0.2) is 23.1 Å². The van der Waals surface area contributed by atoms with E-state index in [2.05, 4.69) is 6.92 Å². The summed E-state index contributed by atoms with van der Waals surface area (Å²) in [5.74, 6) is -0.264. The minimum absolute atomic E-state index is 0.264. The van der Waals surface area contributed by atoms with Gasteiger partial charge < -0.3 is 9.05 Å². The molecule has 19 heavy (non-hydrogen) atoms. The topological polar surface area (TPSA) is 52.6 Å². The number of halogens is 1. The van der Waals surface area contributed by atoms with Crippen LogP contribution in [-0.2, 0) is 18.4 Å². The van der Waals surface area contributed by atoms with Crippen LogP contribution in [0.15, 0.2) is 0 Å². The Labute approximate surface area is 121 Å². The molecule has 0 aliphatic heterocycles. The first-order valence-corrected chi connectivity index (χ1v) is 8.91. The highest BCUT2D eigenvalue weighted by atomic mass is 35.5. The van der Waals surface area contributed by atoms with Gasteiger partial charge in [-0.05, 0) is 34.1 Å². The second-order valence-corrected chi connectivity index (χ2v) is 7.87. The van der Waals surface area contributed by atoms with Gasteiger partial charge in [-0.15, -0.1) is 11.6 Å². The second kappa shape index (κ2) is 9.12. The van der Waals surface area contributed by atoms with E-state index in [4.69, 9.17) is 20.6 Å². The fourth-order valence-corrected chi connectivity index (χ4v) is 3.87. The predicted molar refractivity (Wildman–Crippen MR) is 78.8 cm³/mol. The standard InChI is InChI=1S/C13H26ClO4P/c1-6-7-8-9-12(15)13(14)19(16,17-10(2)3)18-11(4)5/h10-11,13H,6-9H2,1-5H3. The van der Waals surface area contributed by atoms with Gasteiger partial charge in [0, 0.05) is 6.42 Å². The van der Waals surface area contributed by atoms with Crippen LogP contribution in [0.2, 0.25) is 0 Å². The lowest BCUT2D eigenvalue weighted by Crippen LogP contribution is -2.21. The van der Waals surface area contributed by atoms with Crippen LogP contribution in [0.1, 0.15) is 60.3 Å². The first-order valence-electron chi connectivity index (χ1n) is 6.86. The first-order chi connectivity index (χ1) is 8.73. The van der Waals surface area contributed by atoms with Crippen LogP contribution >= 0.6 is 19.2 Å². The summed E-state index contributed by atoms with van der Waals surface area (Å²) in [6.07, 6.45) is 2.42. The van der Waals surface area contributed by atoms with E-state index in [9.17, 15) is 9.36 Å². The second-order valence-electron chi connectivity index (χ2n) is 5.11. The van der Waals surface area contributed by atoms with E-state index in [-0.39, 0.29) is 18.0 Å². The Hall–Kier alpha value is 0.110. The van der Waals surface area contributed by atoms with E-state index in [0.717, 1.165) is 19.3 Å². The molecule has 0 fully saturated rings. The van der Waals surface area contributed by atoms with Crippen LogP contribution in [0, 0.1) is 0 Å². The summed E-state index contributed by atoms with van der Waals surface area (Å²) in [4.78, 5) is 12.0. The zero-order valence-corrected chi connectivity index (χ0v) is 14.2. The number of carbonyl (C=O) groups excluding carboxylic acids is 1. The SMILES string of the molecule is CCCCCC(=O)C(Cl)P(=O)(OC(C)C)OC(C)C. The molecule has 1 atom stereocenters. The number of carbonyl (C=O) groups is 1. The molecule has 4 nitrogen and oxygen atoms in total. The molecule has 0 amide bonds. The Bertz CT molecular complexity index is 304. The zero-order valence-electron chi connectivity index (χ0n) is 12.5. The van der Waals surface area contributed by atoms with Gasteiger partial charge in [-0.25, -0.2) is 0 Å². The van der Waals surface area contributed by atoms with E-state index in [1.165, 1.54) is 0 Å². The molecule has 0 heterocycles. The minimum atomic E-state index is -3.61. The smallest absolute Gasteiger partial charge is 0.304 e. The third kappa shape index (κ3) is 7.45. The minimum Gasteiger partial charge on any atom is -0.304 e. The van der Waals surface area contributed by atoms with Crippen LogP contribution in [0.3, 0.4) is 0 Å². The van der Waals surface area contributed by atoms with Crippen LogP contribution < -0.4 is 0 Å². The highest BCUT2D eigenvalue weighted by molar-refractivity contribution is 7.57. The molecule has 114 valence electrons. The average Bonchev–Trinajstić information content (AvgIpc) is 2.25. The fourth-order valence-electron chi connectivity index (χ4n) is 1.56. The summed E-state index contributed by atoms with van der Waals surface area (Å²) in [5.41, 5.74) is 0. The molecule has 0 radical (unpaired) electrons. The number of alkyl halides is 1. The van der Waals surface area contributed by atoms with E-state index in [0.29, 0.717) is 6.42 Å². The van der Waals surface area contributed by atoms with Crippen molar-refractivity contribution in [1.82, 2.24) is 0 Å². The van der Waals surface area contributed by atoms with Crippen molar-refractivity contribution in [2.75, 3.05) is 0 Å². The lowest BCUT2D eigenvalue weighted by Gasteiger charge is -2.25. The number of hydrogen-bond acceptors (Lipinski definition) is 4. The molecule has 0 saturated heterocycles. The van der Waals surface area contributed by atoms with Gasteiger partial charge in [0.15, 0.2) is 10.9 Å². The molecule has 0 bridgehead atoms. The van der Waals surface area contributed by atoms with Gasteiger partial charge in [0.05, 0.1) is 12.2 Å². The number of rotatable bonds is 10. The molecule has 0 aliphatic rings. The average molecular weight is 313 g/mol. The van der Waals surface area contributed by atoms with Gasteiger partial charge in [0.1, 0.15) is 0 Å². The molecule has 0 N–H and O–H groups in total. The van der Waals surface area contributed by atoms with Crippen LogP contribution in [0.25, 0.3) is 0 Å². The van der Waals surface area contributed by atoms with Gasteiger partial charge in [-0.3, -0.25) is 9.36 Å². The van der Waals surface area contributed by atoms with Crippen molar-refractivity contribution in [2.45, 2.75) is 77.6 Å². The lowest BCUT2D eigenvalue weighted by atomic mass is 10.1. The van der Waals surface area contributed by atoms with E-state index in [1.807, 2.05) is 0 Å². The fraction of sp³-hybridized carbons (Fsp3) is 0.923. The number of hydrogen-bond donors (Lipinski definition) is 0. The van der Waals surface area contributed by atoms with Crippen molar-refractivity contribution >= 4 is 25.0 Å². The molecule has 0 aromatic carbocycles. The Balaban J connectivity index is 4.74. The molecule has 0 spiro atoms. The lowest BCUT2D eigenvalue weighted by molar-refractivity contribution is -0.117. The molecule has 1 unspecified atom stereocenters. The molecule has 0 aliphatic carbocycles. The Morgan fingerprint density at radius 1 is 1.11 bits per heavy atom. The summed E-state index contributed by atoms with van der Waals surface area (Å²) >= 11 is 6.04. The maximum absolute atomic E-state index is 12.6. The number of unbranched alkanes of at least 4 members (excludes halogenated alkanes) is 2. The van der Waals surface area contributed by atoms with Crippen molar-refractivity contribution in [3.05, 3.63) is 0 Å². The van der Waals surface area contributed by atoms with Crippen molar-refractivity contribution in [1.29, 1.82) is 0 Å². The van der Waals surface area contributed by atoms with E-state index < -0.39 is 12.7 Å². The largest absolute Gasteiger partial charge is 0.356 e. The van der Waals surface area contributed by atoms with Crippen molar-refractivity contribution in [3.8, 4) is 0 Å². The molecule has 6 heteroatoms. The third-order valence-electron chi connectivity index (χ3n) is 2.29. The number of ketones is 1. The molecule has 0 saturated carbocycles. The zero-order chi connectivity index (χ0) is 15.1. The monoisotopic (exact) mass is 312 g/mol. The van der Waals surface area contributed by atoms with Crippen LogP contribution in [0.4, 0.5) is 0 Å². The summed E-state index contributed by atoms with van der Waals surface area (Å²) < 4.78 is 23.2. The predicted octanol–water partition coefficient (Wildman–Crippen LogP) is 4.74. The first kappa shape index (κ1) is 19.1. The van der Waals surface area contributed by atoms with Crippen molar-refractivity contribution < 1.29 is 18.4 Å². The molecule has 0 aromatic heterocycles. The summed E-state index contributed by atoms with van der Waals surface area (Å²) in [5, 5.41) is -1.21. The van der Waals surface area contributed by atoms with Crippen molar-refractivity contribution in [3.63, 3.8) is 0 Å². The number of Topliss-reactive ketones (excluding diaryl/α,β-unsaturated/α-hetero) is 1. The highest BCUT2D eigenvalue weighted by Gasteiger charge is 2.41. The van der Waals surface area contributed by atoms with Gasteiger partial charge in [-0.1, -0.05) is 19.8 Å². The highest BCUT2D eigenvalue weighted by Crippen LogP contribution is 2.57. The van der Waals surface area contributed by atoms with E-state index >= 15 is 0 Å². The molecular formula is C13H26ClO4P. The maximum atomic E-state index is 12.6. The quantitative estimate of drug-likeness (QED) is 0.332. The maximum Gasteiger partial charge on any atom is 0.356 e. The van der Waals surface area contributed by atoms with Crippen LogP contribution in [0.5, 0.6) is 0 Å². The molecule has 0 aromatic rings.